The lowest BCUT2D eigenvalue weighted by Crippen LogP contribution is -2.03. The fourth-order valence-corrected chi connectivity index (χ4v) is 1.50. The largest absolute Gasteiger partial charge is 0.508 e. The second kappa shape index (κ2) is 3.11. The molecule has 0 saturated heterocycles. The summed E-state index contributed by atoms with van der Waals surface area (Å²) in [5.41, 5.74) is 7.11. The number of phenols is 1. The zero-order chi connectivity index (χ0) is 9.26. The summed E-state index contributed by atoms with van der Waals surface area (Å²) in [6.07, 6.45) is 2.28. The van der Waals surface area contributed by atoms with Crippen molar-refractivity contribution < 1.29 is 9.52 Å². The Morgan fingerprint density at radius 2 is 2.15 bits per heavy atom. The van der Waals surface area contributed by atoms with Gasteiger partial charge in [-0.25, -0.2) is 0 Å². The molecule has 0 saturated carbocycles. The third-order valence-electron chi connectivity index (χ3n) is 2.12. The van der Waals surface area contributed by atoms with Gasteiger partial charge < -0.3 is 15.3 Å². The van der Waals surface area contributed by atoms with Crippen molar-refractivity contribution in [2.75, 3.05) is 6.54 Å². The van der Waals surface area contributed by atoms with Gasteiger partial charge in [-0.3, -0.25) is 0 Å². The van der Waals surface area contributed by atoms with E-state index in [1.54, 1.807) is 18.4 Å². The summed E-state index contributed by atoms with van der Waals surface area (Å²) in [5.74, 6) is 0.291. The Morgan fingerprint density at radius 3 is 2.92 bits per heavy atom. The van der Waals surface area contributed by atoms with Crippen molar-refractivity contribution >= 4 is 11.0 Å². The highest BCUT2D eigenvalue weighted by Gasteiger charge is 2.07. The van der Waals surface area contributed by atoms with E-state index in [1.807, 2.05) is 6.07 Å². The molecule has 0 amide bonds. The van der Waals surface area contributed by atoms with Gasteiger partial charge in [-0.1, -0.05) is 0 Å². The van der Waals surface area contributed by atoms with Crippen LogP contribution in [0, 0.1) is 0 Å². The van der Waals surface area contributed by atoms with Gasteiger partial charge in [0.2, 0.25) is 0 Å². The van der Waals surface area contributed by atoms with E-state index in [2.05, 4.69) is 0 Å². The lowest BCUT2D eigenvalue weighted by molar-refractivity contribution is 0.469. The highest BCUT2D eigenvalue weighted by atomic mass is 16.3. The Morgan fingerprint density at radius 1 is 1.31 bits per heavy atom. The topological polar surface area (TPSA) is 59.4 Å². The van der Waals surface area contributed by atoms with E-state index in [-0.39, 0.29) is 0 Å². The number of hydrogen-bond donors (Lipinski definition) is 2. The van der Waals surface area contributed by atoms with E-state index in [9.17, 15) is 5.11 Å². The Balaban J connectivity index is 2.66. The molecule has 0 atom stereocenters. The van der Waals surface area contributed by atoms with Gasteiger partial charge in [0.25, 0.3) is 0 Å². The molecule has 3 heteroatoms. The molecule has 0 radical (unpaired) electrons. The van der Waals surface area contributed by atoms with Gasteiger partial charge >= 0.3 is 0 Å². The van der Waals surface area contributed by atoms with E-state index >= 15 is 0 Å². The molecule has 2 aromatic rings. The molecule has 0 spiro atoms. The van der Waals surface area contributed by atoms with Gasteiger partial charge in [0.1, 0.15) is 11.3 Å². The molecule has 13 heavy (non-hydrogen) atoms. The summed E-state index contributed by atoms with van der Waals surface area (Å²) in [6.45, 7) is 0.526. The van der Waals surface area contributed by atoms with Crippen LogP contribution in [-0.4, -0.2) is 11.7 Å². The summed E-state index contributed by atoms with van der Waals surface area (Å²) in [4.78, 5) is 0. The highest BCUT2D eigenvalue weighted by molar-refractivity contribution is 5.83. The lowest BCUT2D eigenvalue weighted by Gasteiger charge is -2.03. The number of hydrogen-bond acceptors (Lipinski definition) is 3. The third-order valence-corrected chi connectivity index (χ3v) is 2.12. The van der Waals surface area contributed by atoms with Crippen molar-refractivity contribution in [3.8, 4) is 5.75 Å². The van der Waals surface area contributed by atoms with Crippen LogP contribution >= 0.6 is 0 Å². The predicted molar refractivity (Wildman–Crippen MR) is 50.6 cm³/mol. The molecule has 0 unspecified atom stereocenters. The molecule has 1 heterocycles. The number of nitrogens with two attached hydrogens (primary N) is 1. The number of aromatic hydroxyl groups is 1. The van der Waals surface area contributed by atoms with Crippen LogP contribution in [0.2, 0.25) is 0 Å². The molecule has 0 aliphatic rings. The van der Waals surface area contributed by atoms with Gasteiger partial charge in [-0.15, -0.1) is 0 Å². The third kappa shape index (κ3) is 1.27. The SMILES string of the molecule is NCCc1c(O)ccc2occc12. The molecule has 1 aromatic heterocycles. The first-order valence-electron chi connectivity index (χ1n) is 4.21. The number of benzene rings is 1. The first-order chi connectivity index (χ1) is 6.33. The average molecular weight is 177 g/mol. The van der Waals surface area contributed by atoms with Crippen LogP contribution < -0.4 is 5.73 Å². The highest BCUT2D eigenvalue weighted by Crippen LogP contribution is 2.27. The zero-order valence-corrected chi connectivity index (χ0v) is 7.16. The number of furan rings is 1. The van der Waals surface area contributed by atoms with E-state index < -0.39 is 0 Å². The van der Waals surface area contributed by atoms with Crippen molar-refractivity contribution in [1.82, 2.24) is 0 Å². The Bertz CT molecular complexity index is 420. The average Bonchev–Trinajstić information content (AvgIpc) is 2.58. The Kier molecular flexibility index (Phi) is 1.94. The molecular formula is C10H11NO2. The minimum Gasteiger partial charge on any atom is -0.508 e. The van der Waals surface area contributed by atoms with E-state index in [4.69, 9.17) is 10.2 Å². The van der Waals surface area contributed by atoms with Gasteiger partial charge in [-0.2, -0.15) is 0 Å². The molecule has 3 nitrogen and oxygen atoms in total. The molecule has 0 aliphatic carbocycles. The summed E-state index contributed by atoms with van der Waals surface area (Å²) in [5, 5.41) is 10.5. The van der Waals surface area contributed by atoms with Crippen molar-refractivity contribution in [1.29, 1.82) is 0 Å². The van der Waals surface area contributed by atoms with Crippen molar-refractivity contribution in [2.45, 2.75) is 6.42 Å². The second-order valence-electron chi connectivity index (χ2n) is 2.93. The van der Waals surface area contributed by atoms with Gasteiger partial charge in [0, 0.05) is 10.9 Å². The van der Waals surface area contributed by atoms with Crippen molar-refractivity contribution in [3.63, 3.8) is 0 Å². The Hall–Kier alpha value is -1.48. The minimum absolute atomic E-state index is 0.291. The van der Waals surface area contributed by atoms with Gasteiger partial charge in [-0.05, 0) is 31.2 Å². The predicted octanol–water partition coefficient (Wildman–Crippen LogP) is 1.64. The number of fused-ring (bicyclic) bond motifs is 1. The quantitative estimate of drug-likeness (QED) is 0.733. The molecule has 0 fully saturated rings. The van der Waals surface area contributed by atoms with Crippen LogP contribution in [0.25, 0.3) is 11.0 Å². The maximum absolute atomic E-state index is 9.56. The van der Waals surface area contributed by atoms with Crippen LogP contribution in [-0.2, 0) is 6.42 Å². The summed E-state index contributed by atoms with van der Waals surface area (Å²) < 4.78 is 5.21. The number of phenolic OH excluding ortho intramolecular Hbond substituents is 1. The van der Waals surface area contributed by atoms with Crippen LogP contribution in [0.1, 0.15) is 5.56 Å². The zero-order valence-electron chi connectivity index (χ0n) is 7.16. The fraction of sp³-hybridized carbons (Fsp3) is 0.200. The minimum atomic E-state index is 0.291. The van der Waals surface area contributed by atoms with E-state index in [0.29, 0.717) is 18.7 Å². The molecule has 0 aliphatic heterocycles. The first-order valence-corrected chi connectivity index (χ1v) is 4.21. The second-order valence-corrected chi connectivity index (χ2v) is 2.93. The standard InChI is InChI=1S/C10H11NO2/c11-5-3-7-8-4-6-13-10(8)2-1-9(7)12/h1-2,4,6,12H,3,5,11H2. The first kappa shape index (κ1) is 8.13. The number of rotatable bonds is 2. The van der Waals surface area contributed by atoms with Crippen molar-refractivity contribution in [2.24, 2.45) is 5.73 Å². The summed E-state index contributed by atoms with van der Waals surface area (Å²) in [6, 6.07) is 5.24. The summed E-state index contributed by atoms with van der Waals surface area (Å²) in [7, 11) is 0. The van der Waals surface area contributed by atoms with Gasteiger partial charge in [0.05, 0.1) is 6.26 Å². The van der Waals surface area contributed by atoms with Crippen LogP contribution in [0.4, 0.5) is 0 Å². The summed E-state index contributed by atoms with van der Waals surface area (Å²) >= 11 is 0. The van der Waals surface area contributed by atoms with Crippen LogP contribution in [0.3, 0.4) is 0 Å². The maximum Gasteiger partial charge on any atom is 0.134 e. The molecular weight excluding hydrogens is 166 g/mol. The van der Waals surface area contributed by atoms with Gasteiger partial charge in [0.15, 0.2) is 0 Å². The molecule has 3 N–H and O–H groups in total. The van der Waals surface area contributed by atoms with Crippen LogP contribution in [0.15, 0.2) is 28.9 Å². The molecule has 0 bridgehead atoms. The van der Waals surface area contributed by atoms with E-state index in [0.717, 1.165) is 16.5 Å². The Labute approximate surface area is 75.8 Å². The smallest absolute Gasteiger partial charge is 0.134 e. The lowest BCUT2D eigenvalue weighted by atomic mass is 10.1. The van der Waals surface area contributed by atoms with Crippen LogP contribution in [0.5, 0.6) is 5.75 Å². The normalized spacial score (nSPS) is 10.8. The monoisotopic (exact) mass is 177 g/mol. The van der Waals surface area contributed by atoms with Crippen molar-refractivity contribution in [3.05, 3.63) is 30.0 Å². The molecule has 2 rings (SSSR count). The molecule has 1 aromatic carbocycles. The van der Waals surface area contributed by atoms with E-state index in [1.165, 1.54) is 0 Å². The maximum atomic E-state index is 9.56. The fourth-order valence-electron chi connectivity index (χ4n) is 1.50. The molecule has 68 valence electrons.